The third kappa shape index (κ3) is 5.25. The van der Waals surface area contributed by atoms with Crippen molar-refractivity contribution >= 4 is 33.7 Å². The summed E-state index contributed by atoms with van der Waals surface area (Å²) in [5.41, 5.74) is -1.73. The molecular formula is C27H43BrN2O6. The third-order valence-corrected chi connectivity index (χ3v) is 8.73. The molecule has 3 heterocycles. The van der Waals surface area contributed by atoms with E-state index in [9.17, 15) is 19.5 Å². The lowest BCUT2D eigenvalue weighted by Crippen LogP contribution is -2.61. The van der Waals surface area contributed by atoms with Gasteiger partial charge in [-0.15, -0.1) is 6.58 Å². The molecule has 6 atom stereocenters. The Kier molecular flexibility index (Phi) is 8.68. The summed E-state index contributed by atoms with van der Waals surface area (Å²) in [6.45, 7) is 15.1. The monoisotopic (exact) mass is 570 g/mol. The maximum atomic E-state index is 14.5. The highest BCUT2D eigenvalue weighted by atomic mass is 79.9. The summed E-state index contributed by atoms with van der Waals surface area (Å²) in [6.07, 6.45) is 5.20. The summed E-state index contributed by atoms with van der Waals surface area (Å²) in [5.74, 6) is -3.42. The van der Waals surface area contributed by atoms with Crippen LogP contribution in [-0.4, -0.2) is 85.6 Å². The van der Waals surface area contributed by atoms with E-state index in [2.05, 4.69) is 43.3 Å². The molecule has 0 aromatic heterocycles. The fourth-order valence-corrected chi connectivity index (χ4v) is 7.93. The van der Waals surface area contributed by atoms with Gasteiger partial charge in [-0.2, -0.15) is 0 Å². The number of rotatable bonds is 12. The van der Waals surface area contributed by atoms with Crippen LogP contribution in [0.2, 0.25) is 0 Å². The Balaban J connectivity index is 2.02. The van der Waals surface area contributed by atoms with Gasteiger partial charge in [-0.25, -0.2) is 0 Å². The number of unbranched alkanes of at least 4 members (excludes halogenated alkanes) is 3. The van der Waals surface area contributed by atoms with Gasteiger partial charge in [0.1, 0.15) is 11.6 Å². The van der Waals surface area contributed by atoms with Crippen molar-refractivity contribution in [2.45, 2.75) is 101 Å². The maximum absolute atomic E-state index is 14.5. The van der Waals surface area contributed by atoms with Gasteiger partial charge >= 0.3 is 5.97 Å². The van der Waals surface area contributed by atoms with E-state index in [-0.39, 0.29) is 28.7 Å². The molecule has 0 saturated carbocycles. The largest absolute Gasteiger partial charge is 0.481 e. The Bertz CT molecular complexity index is 871. The van der Waals surface area contributed by atoms with Crippen molar-refractivity contribution in [3.05, 3.63) is 12.7 Å². The zero-order valence-electron chi connectivity index (χ0n) is 22.3. The second kappa shape index (κ2) is 10.7. The average molecular weight is 572 g/mol. The first kappa shape index (κ1) is 29.1. The number of hydrogen-bond acceptors (Lipinski definition) is 5. The van der Waals surface area contributed by atoms with Crippen molar-refractivity contribution in [1.29, 1.82) is 0 Å². The molecular weight excluding hydrogens is 528 g/mol. The summed E-state index contributed by atoms with van der Waals surface area (Å²) in [6, 6.07) is -0.888. The predicted molar refractivity (Wildman–Crippen MR) is 141 cm³/mol. The van der Waals surface area contributed by atoms with Crippen LogP contribution in [0.4, 0.5) is 0 Å². The summed E-state index contributed by atoms with van der Waals surface area (Å²) in [7, 11) is 0. The first-order valence-corrected chi connectivity index (χ1v) is 14.0. The van der Waals surface area contributed by atoms with Crippen LogP contribution in [0.5, 0.6) is 0 Å². The third-order valence-electron chi connectivity index (χ3n) is 7.89. The molecule has 1 spiro atoms. The highest BCUT2D eigenvalue weighted by Gasteiger charge is 2.77. The Morgan fingerprint density at radius 3 is 2.42 bits per heavy atom. The molecule has 36 heavy (non-hydrogen) atoms. The van der Waals surface area contributed by atoms with Gasteiger partial charge in [0.25, 0.3) is 0 Å². The lowest BCUT2D eigenvalue weighted by Gasteiger charge is -2.45. The molecule has 3 aliphatic heterocycles. The number of nitrogens with zero attached hydrogens (tertiary/aromatic N) is 2. The number of aliphatic hydroxyl groups is 1. The fraction of sp³-hybridized carbons (Fsp3) is 0.815. The van der Waals surface area contributed by atoms with E-state index in [1.807, 2.05) is 13.8 Å². The Hall–Kier alpha value is -1.45. The number of carbonyl (C=O) groups is 3. The van der Waals surface area contributed by atoms with Crippen molar-refractivity contribution in [3.63, 3.8) is 0 Å². The Labute approximate surface area is 223 Å². The Morgan fingerprint density at radius 1 is 1.22 bits per heavy atom. The molecule has 9 heteroatoms. The van der Waals surface area contributed by atoms with E-state index in [0.717, 1.165) is 19.3 Å². The second-order valence-electron chi connectivity index (χ2n) is 12.5. The standard InChI is InChI=1S/C27H43BrN2O6/c1-7-12-30(26(5,6)16-25(2,3)4)23(33)21-27-15-17(28)20(36-27)18(24(34)35)19(27)22(32)29(21)13-10-8-9-11-14-31/h7,17-21,31H,1,8-16H2,2-6H3,(H,34,35)/t17?,18-,19+,20-,21-,27+/m0/s1. The smallest absolute Gasteiger partial charge is 0.310 e. The molecule has 0 aliphatic carbocycles. The SMILES string of the molecule is C=CCN(C(=O)[C@@H]1N(CCCCCCO)C(=O)[C@H]2[C@H](C(=O)O)[C@H]3O[C@@]12CC3Br)C(C)(C)CC(C)(C)C. The number of aliphatic hydroxyl groups excluding tert-OH is 1. The van der Waals surface area contributed by atoms with Crippen LogP contribution in [0, 0.1) is 17.3 Å². The number of hydrogen-bond donors (Lipinski definition) is 2. The quantitative estimate of drug-likeness (QED) is 0.211. The number of alkyl halides is 1. The minimum atomic E-state index is -1.17. The predicted octanol–water partition coefficient (Wildman–Crippen LogP) is 3.60. The normalized spacial score (nSPS) is 31.6. The summed E-state index contributed by atoms with van der Waals surface area (Å²) < 4.78 is 6.39. The lowest BCUT2D eigenvalue weighted by atomic mass is 9.70. The van der Waals surface area contributed by atoms with E-state index in [1.54, 1.807) is 15.9 Å². The molecule has 0 radical (unpaired) electrons. The minimum absolute atomic E-state index is 0.0421. The van der Waals surface area contributed by atoms with Gasteiger partial charge in [-0.3, -0.25) is 14.4 Å². The van der Waals surface area contributed by atoms with Crippen LogP contribution in [0.1, 0.15) is 73.1 Å². The molecule has 8 nitrogen and oxygen atoms in total. The van der Waals surface area contributed by atoms with Gasteiger partial charge in [0, 0.05) is 30.1 Å². The van der Waals surface area contributed by atoms with Crippen LogP contribution in [-0.2, 0) is 19.1 Å². The van der Waals surface area contributed by atoms with Crippen molar-refractivity contribution in [3.8, 4) is 0 Å². The fourth-order valence-electron chi connectivity index (χ4n) is 6.98. The first-order chi connectivity index (χ1) is 16.7. The van der Waals surface area contributed by atoms with Crippen LogP contribution in [0.25, 0.3) is 0 Å². The van der Waals surface area contributed by atoms with Gasteiger partial charge in [0.05, 0.1) is 17.9 Å². The van der Waals surface area contributed by atoms with E-state index in [1.165, 1.54) is 0 Å². The number of ether oxygens (including phenoxy) is 1. The highest BCUT2D eigenvalue weighted by Crippen LogP contribution is 2.60. The maximum Gasteiger partial charge on any atom is 0.310 e. The van der Waals surface area contributed by atoms with Crippen LogP contribution in [0.3, 0.4) is 0 Å². The second-order valence-corrected chi connectivity index (χ2v) is 13.6. The van der Waals surface area contributed by atoms with Gasteiger partial charge in [0.15, 0.2) is 0 Å². The van der Waals surface area contributed by atoms with Crippen LogP contribution >= 0.6 is 15.9 Å². The van der Waals surface area contributed by atoms with Gasteiger partial charge in [0.2, 0.25) is 11.8 Å². The van der Waals surface area contributed by atoms with Crippen molar-refractivity contribution in [2.75, 3.05) is 19.7 Å². The summed E-state index contributed by atoms with van der Waals surface area (Å²) >= 11 is 3.60. The number of halogens is 1. The number of aliphatic carboxylic acids is 1. The molecule has 204 valence electrons. The zero-order valence-corrected chi connectivity index (χ0v) is 23.9. The van der Waals surface area contributed by atoms with Crippen LogP contribution < -0.4 is 0 Å². The number of amides is 2. The lowest BCUT2D eigenvalue weighted by molar-refractivity contribution is -0.153. The minimum Gasteiger partial charge on any atom is -0.481 e. The molecule has 3 rings (SSSR count). The summed E-state index contributed by atoms with van der Waals surface area (Å²) in [4.78, 5) is 43.7. The first-order valence-electron chi connectivity index (χ1n) is 13.1. The van der Waals surface area contributed by atoms with Crippen LogP contribution in [0.15, 0.2) is 12.7 Å². The van der Waals surface area contributed by atoms with Crippen molar-refractivity contribution < 1.29 is 29.3 Å². The molecule has 2 N–H and O–H groups in total. The van der Waals surface area contributed by atoms with Gasteiger partial charge < -0.3 is 24.7 Å². The molecule has 0 aromatic rings. The highest BCUT2D eigenvalue weighted by molar-refractivity contribution is 9.09. The Morgan fingerprint density at radius 2 is 1.86 bits per heavy atom. The van der Waals surface area contributed by atoms with Crippen molar-refractivity contribution in [1.82, 2.24) is 9.80 Å². The van der Waals surface area contributed by atoms with E-state index in [0.29, 0.717) is 32.4 Å². The average Bonchev–Trinajstić information content (AvgIpc) is 3.33. The number of fused-ring (bicyclic) bond motifs is 1. The molecule has 2 bridgehead atoms. The number of carboxylic acids is 1. The molecule has 3 aliphatic rings. The van der Waals surface area contributed by atoms with E-state index >= 15 is 0 Å². The van der Waals surface area contributed by atoms with Crippen molar-refractivity contribution in [2.24, 2.45) is 17.3 Å². The van der Waals surface area contributed by atoms with E-state index in [4.69, 9.17) is 9.84 Å². The molecule has 1 unspecified atom stereocenters. The number of likely N-dealkylation sites (tertiary alicyclic amines) is 1. The van der Waals surface area contributed by atoms with Gasteiger partial charge in [-0.1, -0.05) is 55.6 Å². The number of carbonyl (C=O) groups excluding carboxylic acids is 2. The summed E-state index contributed by atoms with van der Waals surface area (Å²) in [5, 5.41) is 19.1. The molecule has 2 amide bonds. The van der Waals surface area contributed by atoms with Gasteiger partial charge in [-0.05, 0) is 44.9 Å². The van der Waals surface area contributed by atoms with E-state index < -0.39 is 41.1 Å². The molecule has 3 saturated heterocycles. The molecule has 0 aromatic carbocycles. The zero-order chi connectivity index (χ0) is 27.1. The molecule has 3 fully saturated rings. The topological polar surface area (TPSA) is 107 Å². The number of carboxylic acid groups (broad SMARTS) is 1.